The molecule has 0 aliphatic carbocycles. The molecule has 0 aromatic heterocycles. The number of rotatable bonds is 15. The Kier molecular flexibility index (Phi) is 11.2. The second kappa shape index (κ2) is 14.0. The van der Waals surface area contributed by atoms with E-state index in [-0.39, 0.29) is 6.42 Å². The number of unbranched alkanes of at least 4 members (excludes halogenated alkanes) is 10. The molecule has 2 nitrogen and oxygen atoms in total. The van der Waals surface area contributed by atoms with Crippen LogP contribution in [0.25, 0.3) is 11.1 Å². The number of benzene rings is 2. The van der Waals surface area contributed by atoms with Crippen LogP contribution in [0.4, 0.5) is 0 Å². The fourth-order valence-electron chi connectivity index (χ4n) is 4.02. The van der Waals surface area contributed by atoms with Crippen molar-refractivity contribution in [3.8, 4) is 11.1 Å². The number of carboxylic acids is 1. The second-order valence-electron chi connectivity index (χ2n) is 8.21. The van der Waals surface area contributed by atoms with Crippen LogP contribution in [0.3, 0.4) is 0 Å². The van der Waals surface area contributed by atoms with Crippen molar-refractivity contribution in [1.29, 1.82) is 0 Å². The summed E-state index contributed by atoms with van der Waals surface area (Å²) in [4.78, 5) is 11.1. The van der Waals surface area contributed by atoms with Crippen LogP contribution in [-0.2, 0) is 17.6 Å². The summed E-state index contributed by atoms with van der Waals surface area (Å²) in [6.07, 6.45) is 15.9. The molecule has 2 heteroatoms. The predicted molar refractivity (Wildman–Crippen MR) is 123 cm³/mol. The quantitative estimate of drug-likeness (QED) is 0.312. The van der Waals surface area contributed by atoms with Gasteiger partial charge >= 0.3 is 5.97 Å². The fourth-order valence-corrected chi connectivity index (χ4v) is 4.02. The first-order chi connectivity index (χ1) is 14.2. The SMILES string of the molecule is CCCCCCCCCCCCCc1cc(CC(=O)O)ccc1-c1ccccc1. The van der Waals surface area contributed by atoms with Crippen molar-refractivity contribution in [2.45, 2.75) is 90.4 Å². The molecule has 2 aromatic carbocycles. The minimum atomic E-state index is -0.766. The summed E-state index contributed by atoms with van der Waals surface area (Å²) in [5.74, 6) is -0.766. The Morgan fingerprint density at radius 3 is 1.93 bits per heavy atom. The summed E-state index contributed by atoms with van der Waals surface area (Å²) < 4.78 is 0. The highest BCUT2D eigenvalue weighted by atomic mass is 16.4. The van der Waals surface area contributed by atoms with Crippen molar-refractivity contribution in [2.75, 3.05) is 0 Å². The van der Waals surface area contributed by atoms with E-state index in [2.05, 4.69) is 43.3 Å². The molecule has 0 bridgehead atoms. The van der Waals surface area contributed by atoms with E-state index in [0.29, 0.717) is 0 Å². The standard InChI is InChI=1S/C27H38O2/c1-2-3-4-5-6-7-8-9-10-11-13-18-25-21-23(22-27(28)29)19-20-26(25)24-16-14-12-15-17-24/h12,14-17,19-21H,2-11,13,18,22H2,1H3,(H,28,29). The van der Waals surface area contributed by atoms with Gasteiger partial charge < -0.3 is 5.11 Å². The van der Waals surface area contributed by atoms with Crippen molar-refractivity contribution in [2.24, 2.45) is 0 Å². The summed E-state index contributed by atoms with van der Waals surface area (Å²) in [7, 11) is 0. The zero-order valence-electron chi connectivity index (χ0n) is 18.2. The molecule has 0 aliphatic heterocycles. The molecule has 0 saturated heterocycles. The summed E-state index contributed by atoms with van der Waals surface area (Å²) >= 11 is 0. The van der Waals surface area contributed by atoms with Gasteiger partial charge in [0.2, 0.25) is 0 Å². The predicted octanol–water partition coefficient (Wildman–Crippen LogP) is 7.83. The zero-order chi connectivity index (χ0) is 20.7. The smallest absolute Gasteiger partial charge is 0.307 e. The van der Waals surface area contributed by atoms with Gasteiger partial charge in [-0.2, -0.15) is 0 Å². The maximum Gasteiger partial charge on any atom is 0.307 e. The van der Waals surface area contributed by atoms with Crippen LogP contribution < -0.4 is 0 Å². The molecular formula is C27H38O2. The highest BCUT2D eigenvalue weighted by molar-refractivity contribution is 5.72. The van der Waals surface area contributed by atoms with Gasteiger partial charge in [0.15, 0.2) is 0 Å². The van der Waals surface area contributed by atoms with Crippen LogP contribution in [0.5, 0.6) is 0 Å². The highest BCUT2D eigenvalue weighted by Gasteiger charge is 2.08. The number of hydrogen-bond acceptors (Lipinski definition) is 1. The Bertz CT molecular complexity index is 706. The first-order valence-electron chi connectivity index (χ1n) is 11.6. The van der Waals surface area contributed by atoms with Crippen molar-refractivity contribution in [3.05, 3.63) is 59.7 Å². The van der Waals surface area contributed by atoms with E-state index in [1.165, 1.54) is 87.3 Å². The Labute approximate surface area is 177 Å². The maximum atomic E-state index is 11.1. The minimum absolute atomic E-state index is 0.0975. The number of carbonyl (C=O) groups is 1. The van der Waals surface area contributed by atoms with E-state index in [1.54, 1.807) is 0 Å². The number of carboxylic acid groups (broad SMARTS) is 1. The summed E-state index contributed by atoms with van der Waals surface area (Å²) in [6.45, 7) is 2.27. The minimum Gasteiger partial charge on any atom is -0.481 e. The van der Waals surface area contributed by atoms with Gasteiger partial charge in [0, 0.05) is 0 Å². The summed E-state index contributed by atoms with van der Waals surface area (Å²) in [5, 5.41) is 9.12. The average Bonchev–Trinajstić information content (AvgIpc) is 2.72. The highest BCUT2D eigenvalue weighted by Crippen LogP contribution is 2.27. The van der Waals surface area contributed by atoms with Gasteiger partial charge in [0.1, 0.15) is 0 Å². The molecule has 2 aromatic rings. The van der Waals surface area contributed by atoms with Gasteiger partial charge in [-0.3, -0.25) is 4.79 Å². The normalized spacial score (nSPS) is 10.9. The molecule has 0 heterocycles. The monoisotopic (exact) mass is 394 g/mol. The third-order valence-electron chi connectivity index (χ3n) is 5.66. The Morgan fingerprint density at radius 1 is 0.759 bits per heavy atom. The lowest BCUT2D eigenvalue weighted by atomic mass is 9.93. The van der Waals surface area contributed by atoms with Gasteiger partial charge in [-0.1, -0.05) is 120 Å². The molecule has 158 valence electrons. The summed E-state index contributed by atoms with van der Waals surface area (Å²) in [5.41, 5.74) is 4.64. The Balaban J connectivity index is 1.78. The molecule has 0 radical (unpaired) electrons. The van der Waals surface area contributed by atoms with E-state index in [0.717, 1.165) is 12.0 Å². The van der Waals surface area contributed by atoms with Crippen LogP contribution in [0, 0.1) is 0 Å². The van der Waals surface area contributed by atoms with Gasteiger partial charge in [-0.15, -0.1) is 0 Å². The molecule has 0 unspecified atom stereocenters. The molecule has 0 saturated carbocycles. The molecule has 0 atom stereocenters. The van der Waals surface area contributed by atoms with Gasteiger partial charge in [0.25, 0.3) is 0 Å². The van der Waals surface area contributed by atoms with Gasteiger partial charge in [0.05, 0.1) is 6.42 Å². The molecular weight excluding hydrogens is 356 g/mol. The first-order valence-corrected chi connectivity index (χ1v) is 11.6. The number of hydrogen-bond donors (Lipinski definition) is 1. The maximum absolute atomic E-state index is 11.1. The average molecular weight is 395 g/mol. The zero-order valence-corrected chi connectivity index (χ0v) is 18.2. The van der Waals surface area contributed by atoms with Crippen LogP contribution >= 0.6 is 0 Å². The number of aliphatic carboxylic acids is 1. The third kappa shape index (κ3) is 9.30. The molecule has 2 rings (SSSR count). The lowest BCUT2D eigenvalue weighted by molar-refractivity contribution is -0.136. The molecule has 0 spiro atoms. The van der Waals surface area contributed by atoms with Crippen molar-refractivity contribution >= 4 is 5.97 Å². The lowest BCUT2D eigenvalue weighted by Crippen LogP contribution is -2.01. The van der Waals surface area contributed by atoms with Crippen molar-refractivity contribution < 1.29 is 9.90 Å². The Morgan fingerprint density at radius 2 is 1.34 bits per heavy atom. The lowest BCUT2D eigenvalue weighted by Gasteiger charge is -2.12. The van der Waals surface area contributed by atoms with Crippen LogP contribution in [-0.4, -0.2) is 11.1 Å². The fraction of sp³-hybridized carbons (Fsp3) is 0.519. The van der Waals surface area contributed by atoms with E-state index in [4.69, 9.17) is 5.11 Å². The largest absolute Gasteiger partial charge is 0.481 e. The van der Waals surface area contributed by atoms with Crippen molar-refractivity contribution in [3.63, 3.8) is 0 Å². The van der Waals surface area contributed by atoms with E-state index < -0.39 is 5.97 Å². The van der Waals surface area contributed by atoms with Crippen LogP contribution in [0.1, 0.15) is 88.7 Å². The van der Waals surface area contributed by atoms with Gasteiger partial charge in [-0.05, 0) is 35.1 Å². The molecule has 0 amide bonds. The second-order valence-corrected chi connectivity index (χ2v) is 8.21. The van der Waals surface area contributed by atoms with Crippen LogP contribution in [0.15, 0.2) is 48.5 Å². The molecule has 0 fully saturated rings. The third-order valence-corrected chi connectivity index (χ3v) is 5.66. The van der Waals surface area contributed by atoms with E-state index >= 15 is 0 Å². The van der Waals surface area contributed by atoms with E-state index in [1.807, 2.05) is 12.1 Å². The van der Waals surface area contributed by atoms with Crippen molar-refractivity contribution in [1.82, 2.24) is 0 Å². The van der Waals surface area contributed by atoms with E-state index in [9.17, 15) is 4.79 Å². The number of aryl methyl sites for hydroxylation is 1. The molecule has 29 heavy (non-hydrogen) atoms. The first kappa shape index (κ1) is 23.2. The molecule has 1 N–H and O–H groups in total. The van der Waals surface area contributed by atoms with Gasteiger partial charge in [-0.25, -0.2) is 0 Å². The summed E-state index contributed by atoms with van der Waals surface area (Å²) in [6, 6.07) is 16.6. The topological polar surface area (TPSA) is 37.3 Å². The molecule has 0 aliphatic rings. The Hall–Kier alpha value is -2.09. The van der Waals surface area contributed by atoms with Crippen LogP contribution in [0.2, 0.25) is 0 Å².